The summed E-state index contributed by atoms with van der Waals surface area (Å²) >= 11 is -0.952. The van der Waals surface area contributed by atoms with Crippen LogP contribution < -0.4 is 0 Å². The van der Waals surface area contributed by atoms with Crippen molar-refractivity contribution < 1.29 is 14.0 Å². The molecule has 3 nitrogen and oxygen atoms in total. The molecule has 134 valence electrons. The highest BCUT2D eigenvalue weighted by Gasteiger charge is 2.45. The maximum atomic E-state index is 11.5. The van der Waals surface area contributed by atoms with Crippen LogP contribution in [-0.4, -0.2) is 16.4 Å². The second kappa shape index (κ2) is 6.26. The minimum absolute atomic E-state index is 0.229. The van der Waals surface area contributed by atoms with E-state index in [0.717, 1.165) is 22.0 Å². The van der Waals surface area contributed by atoms with Crippen LogP contribution in [0, 0.1) is 5.41 Å². The first-order chi connectivity index (χ1) is 11.6. The Kier molecular flexibility index (Phi) is 4.54. The molecule has 4 heteroatoms. The van der Waals surface area contributed by atoms with Gasteiger partial charge in [0.2, 0.25) is 0 Å². The summed E-state index contributed by atoms with van der Waals surface area (Å²) in [6.07, 6.45) is 5.71. The molecule has 0 saturated carbocycles. The zero-order chi connectivity index (χ0) is 18.4. The molecule has 0 amide bonds. The Hall–Kier alpha value is -1.65. The van der Waals surface area contributed by atoms with Crippen molar-refractivity contribution in [3.05, 3.63) is 64.6 Å². The average molecular weight is 359 g/mol. The summed E-state index contributed by atoms with van der Waals surface area (Å²) in [5, 5.41) is 0. The van der Waals surface area contributed by atoms with E-state index >= 15 is 0 Å². The van der Waals surface area contributed by atoms with Crippen LogP contribution in [-0.2, 0) is 27.3 Å². The van der Waals surface area contributed by atoms with Gasteiger partial charge in [-0.3, -0.25) is 0 Å². The molecule has 0 radical (unpaired) electrons. The predicted molar refractivity (Wildman–Crippen MR) is 101 cm³/mol. The minimum Gasteiger partial charge on any atom is -0.612 e. The summed E-state index contributed by atoms with van der Waals surface area (Å²) < 4.78 is 23.7. The standard InChI is InChI=1S/C21H26O3S/c1-14-19-17(24-21(14,4)5)11-12-18(20(19,2)3)23-13-15-7-9-16(10-8-15)25(6)22/h7-12H,13H2,1-6H3. The molecule has 0 saturated heterocycles. The first-order valence-electron chi connectivity index (χ1n) is 8.52. The topological polar surface area (TPSA) is 41.5 Å². The van der Waals surface area contributed by atoms with E-state index in [1.165, 1.54) is 11.1 Å². The van der Waals surface area contributed by atoms with Gasteiger partial charge in [-0.1, -0.05) is 12.1 Å². The summed E-state index contributed by atoms with van der Waals surface area (Å²) in [5.74, 6) is 1.89. The zero-order valence-corrected chi connectivity index (χ0v) is 16.6. The third-order valence-corrected chi connectivity index (χ3v) is 6.10. The first-order valence-corrected chi connectivity index (χ1v) is 10.1. The predicted octanol–water partition coefficient (Wildman–Crippen LogP) is 4.87. The van der Waals surface area contributed by atoms with Crippen LogP contribution in [0.4, 0.5) is 0 Å². The van der Waals surface area contributed by atoms with Crippen molar-refractivity contribution in [1.29, 1.82) is 0 Å². The van der Waals surface area contributed by atoms with Crippen LogP contribution >= 0.6 is 0 Å². The van der Waals surface area contributed by atoms with Crippen LogP contribution in [0.3, 0.4) is 0 Å². The third kappa shape index (κ3) is 3.25. The van der Waals surface area contributed by atoms with Crippen LogP contribution in [0.1, 0.15) is 40.2 Å². The average Bonchev–Trinajstić information content (AvgIpc) is 2.77. The van der Waals surface area contributed by atoms with Crippen LogP contribution in [0.2, 0.25) is 0 Å². The summed E-state index contributed by atoms with van der Waals surface area (Å²) in [6, 6.07) is 7.74. The quantitative estimate of drug-likeness (QED) is 0.721. The molecule has 2 aliphatic rings. The number of hydrogen-bond donors (Lipinski definition) is 0. The second-order valence-electron chi connectivity index (χ2n) is 7.69. The first kappa shape index (κ1) is 18.2. The third-order valence-electron chi connectivity index (χ3n) is 5.17. The SMILES string of the molecule is CC1=C2C(=CC=C(OCc3ccc([S+](C)[O-])cc3)C2(C)C)OC1(C)C. The lowest BCUT2D eigenvalue weighted by atomic mass is 9.75. The van der Waals surface area contributed by atoms with Crippen molar-refractivity contribution in [1.82, 2.24) is 0 Å². The van der Waals surface area contributed by atoms with Gasteiger partial charge in [-0.15, -0.1) is 0 Å². The van der Waals surface area contributed by atoms with Crippen molar-refractivity contribution in [3.8, 4) is 0 Å². The highest BCUT2D eigenvalue weighted by atomic mass is 32.2. The van der Waals surface area contributed by atoms with Crippen molar-refractivity contribution in [2.75, 3.05) is 6.26 Å². The number of hydrogen-bond acceptors (Lipinski definition) is 3. The smallest absolute Gasteiger partial charge is 0.152 e. The Balaban J connectivity index is 1.79. The van der Waals surface area contributed by atoms with Gasteiger partial charge in [-0.05, 0) is 81.2 Å². The van der Waals surface area contributed by atoms with E-state index in [1.54, 1.807) is 6.26 Å². The monoisotopic (exact) mass is 358 g/mol. The second-order valence-corrected chi connectivity index (χ2v) is 9.07. The fourth-order valence-electron chi connectivity index (χ4n) is 3.43. The van der Waals surface area contributed by atoms with Gasteiger partial charge in [0.1, 0.15) is 30.0 Å². The van der Waals surface area contributed by atoms with Gasteiger partial charge < -0.3 is 14.0 Å². The van der Waals surface area contributed by atoms with E-state index in [-0.39, 0.29) is 11.0 Å². The Morgan fingerprint density at radius 3 is 2.32 bits per heavy atom. The summed E-state index contributed by atoms with van der Waals surface area (Å²) in [4.78, 5) is 0.833. The highest BCUT2D eigenvalue weighted by Crippen LogP contribution is 2.51. The summed E-state index contributed by atoms with van der Waals surface area (Å²) in [6.45, 7) is 11.2. The molecule has 0 spiro atoms. The van der Waals surface area contributed by atoms with E-state index in [1.807, 2.05) is 36.4 Å². The van der Waals surface area contributed by atoms with Crippen LogP contribution in [0.15, 0.2) is 64.0 Å². The molecule has 3 rings (SSSR count). The van der Waals surface area contributed by atoms with Crippen molar-refractivity contribution >= 4 is 11.2 Å². The van der Waals surface area contributed by atoms with Crippen molar-refractivity contribution in [2.45, 2.75) is 51.7 Å². The molecule has 0 aromatic heterocycles. The fraction of sp³-hybridized carbons (Fsp3) is 0.429. The number of rotatable bonds is 4. The van der Waals surface area contributed by atoms with Crippen LogP contribution in [0.5, 0.6) is 0 Å². The Morgan fingerprint density at radius 2 is 1.72 bits per heavy atom. The molecule has 1 aliphatic carbocycles. The molecule has 0 N–H and O–H groups in total. The minimum atomic E-state index is -0.952. The fourth-order valence-corrected chi connectivity index (χ4v) is 3.95. The van der Waals surface area contributed by atoms with E-state index in [0.29, 0.717) is 6.61 Å². The molecule has 1 heterocycles. The van der Waals surface area contributed by atoms with Gasteiger partial charge in [0, 0.05) is 5.57 Å². The van der Waals surface area contributed by atoms with E-state index in [2.05, 4.69) is 34.6 Å². The van der Waals surface area contributed by atoms with Gasteiger partial charge in [-0.25, -0.2) is 0 Å². The number of allylic oxidation sites excluding steroid dienone is 4. The van der Waals surface area contributed by atoms with Gasteiger partial charge in [0.15, 0.2) is 4.90 Å². The summed E-state index contributed by atoms with van der Waals surface area (Å²) in [7, 11) is 0. The number of benzene rings is 1. The van der Waals surface area contributed by atoms with Gasteiger partial charge in [-0.2, -0.15) is 0 Å². The molecule has 1 aliphatic heterocycles. The van der Waals surface area contributed by atoms with Gasteiger partial charge in [0.25, 0.3) is 0 Å². The van der Waals surface area contributed by atoms with E-state index in [4.69, 9.17) is 9.47 Å². The molecular weight excluding hydrogens is 332 g/mol. The number of ether oxygens (including phenoxy) is 2. The molecule has 25 heavy (non-hydrogen) atoms. The maximum absolute atomic E-state index is 11.5. The Bertz CT molecular complexity index is 765. The lowest BCUT2D eigenvalue weighted by molar-refractivity contribution is 0.0886. The molecule has 1 unspecified atom stereocenters. The van der Waals surface area contributed by atoms with Crippen molar-refractivity contribution in [3.63, 3.8) is 0 Å². The zero-order valence-electron chi connectivity index (χ0n) is 15.8. The molecule has 1 aromatic carbocycles. The maximum Gasteiger partial charge on any atom is 0.152 e. The normalized spacial score (nSPS) is 21.9. The van der Waals surface area contributed by atoms with Gasteiger partial charge >= 0.3 is 0 Å². The highest BCUT2D eigenvalue weighted by molar-refractivity contribution is 7.90. The molecular formula is C21H26O3S. The Morgan fingerprint density at radius 1 is 1.08 bits per heavy atom. The lowest BCUT2D eigenvalue weighted by Crippen LogP contribution is -2.23. The Labute approximate surface area is 153 Å². The molecule has 0 bridgehead atoms. The lowest BCUT2D eigenvalue weighted by Gasteiger charge is -2.32. The van der Waals surface area contributed by atoms with E-state index in [9.17, 15) is 4.55 Å². The van der Waals surface area contributed by atoms with E-state index < -0.39 is 11.2 Å². The number of fused-ring (bicyclic) bond motifs is 1. The van der Waals surface area contributed by atoms with Crippen molar-refractivity contribution in [2.24, 2.45) is 5.41 Å². The molecule has 1 atom stereocenters. The molecule has 1 aromatic rings. The van der Waals surface area contributed by atoms with Gasteiger partial charge in [0.05, 0.1) is 5.41 Å². The largest absolute Gasteiger partial charge is 0.612 e. The summed E-state index contributed by atoms with van der Waals surface area (Å²) in [5.41, 5.74) is 3.05. The van der Waals surface area contributed by atoms with Crippen LogP contribution in [0.25, 0.3) is 0 Å². The molecule has 0 fully saturated rings.